The van der Waals surface area contributed by atoms with Crippen LogP contribution in [0.3, 0.4) is 0 Å². The van der Waals surface area contributed by atoms with E-state index in [-0.39, 0.29) is 63.3 Å². The quantitative estimate of drug-likeness (QED) is 0.152. The molecule has 0 aliphatic carbocycles. The fourth-order valence-electron chi connectivity index (χ4n) is 0.158. The Kier molecular flexibility index (Phi) is 37.4. The van der Waals surface area contributed by atoms with Gasteiger partial charge in [-0.05, 0) is 0 Å². The number of hydrogen-bond acceptors (Lipinski definition) is 9. The van der Waals surface area contributed by atoms with Crippen LogP contribution in [0.5, 0.6) is 0 Å². The molecule has 0 aromatic carbocycles. The molecule has 10 heteroatoms. The first kappa shape index (κ1) is 28.8. The molecule has 0 aliphatic rings. The van der Waals surface area contributed by atoms with Crippen LogP contribution in [-0.4, -0.2) is 112 Å². The van der Waals surface area contributed by atoms with E-state index in [1.54, 1.807) is 0 Å². The van der Waals surface area contributed by atoms with Crippen molar-refractivity contribution in [2.24, 2.45) is 0 Å². The summed E-state index contributed by atoms with van der Waals surface area (Å²) in [5, 5.41) is 49.0. The Hall–Kier alpha value is 1.69. The summed E-state index contributed by atoms with van der Waals surface area (Å²) in [6.07, 6.45) is -2.08. The zero-order valence-corrected chi connectivity index (χ0v) is 16.3. The van der Waals surface area contributed by atoms with Crippen molar-refractivity contribution >= 4 is 64.1 Å². The van der Waals surface area contributed by atoms with E-state index in [9.17, 15) is 0 Å². The standard InChI is InChI=1S/3C3H8O2S.Bi/c3*4-1-3(5)2-6;/h3*3-6H,1-2H2;/q;;;+3/p-3. The monoisotopic (exact) mass is 530 g/mol. The predicted molar refractivity (Wildman–Crippen MR) is 81.7 cm³/mol. The van der Waals surface area contributed by atoms with Crippen molar-refractivity contribution in [3.05, 3.63) is 0 Å². The molecule has 116 valence electrons. The summed E-state index contributed by atoms with van der Waals surface area (Å²) >= 11 is 13.1. The van der Waals surface area contributed by atoms with Crippen molar-refractivity contribution in [3.63, 3.8) is 0 Å². The average Bonchev–Trinajstić information content (AvgIpc) is 2.45. The Bertz CT molecular complexity index is 113. The van der Waals surface area contributed by atoms with E-state index in [4.69, 9.17) is 30.6 Å². The van der Waals surface area contributed by atoms with E-state index in [0.717, 1.165) is 0 Å². The molecule has 0 aromatic heterocycles. The second kappa shape index (κ2) is 24.7. The number of hydrogen-bond donors (Lipinski definition) is 6. The Morgan fingerprint density at radius 2 is 0.737 bits per heavy atom. The number of rotatable bonds is 6. The molecule has 6 N–H and O–H groups in total. The first-order chi connectivity index (χ1) is 8.42. The van der Waals surface area contributed by atoms with Crippen LogP contribution in [0.2, 0.25) is 0 Å². The largest absolute Gasteiger partial charge is 3.00 e. The molecule has 0 saturated heterocycles. The molecule has 0 aliphatic heterocycles. The Balaban J connectivity index is -0.0000000865. The zero-order valence-electron chi connectivity index (χ0n) is 10.3. The molecule has 3 atom stereocenters. The summed E-state index contributed by atoms with van der Waals surface area (Å²) in [5.74, 6) is 0.656. The molecule has 0 aromatic rings. The molecule has 0 saturated carbocycles. The van der Waals surface area contributed by atoms with Crippen molar-refractivity contribution in [2.75, 3.05) is 37.1 Å². The third-order valence-corrected chi connectivity index (χ3v) is 2.36. The van der Waals surface area contributed by atoms with Crippen LogP contribution < -0.4 is 0 Å². The van der Waals surface area contributed by atoms with Gasteiger partial charge >= 0.3 is 26.2 Å². The summed E-state index contributed by atoms with van der Waals surface area (Å²) in [6.45, 7) is -0.656. The minimum Gasteiger partial charge on any atom is -0.790 e. The van der Waals surface area contributed by atoms with Crippen molar-refractivity contribution in [1.82, 2.24) is 0 Å². The van der Waals surface area contributed by atoms with Gasteiger partial charge in [0.2, 0.25) is 0 Å². The summed E-state index contributed by atoms with van der Waals surface area (Å²) in [6, 6.07) is 0. The van der Waals surface area contributed by atoms with Gasteiger partial charge in [-0.2, -0.15) is 0 Å². The first-order valence-corrected chi connectivity index (χ1v) is 6.77. The third kappa shape index (κ3) is 32.9. The Morgan fingerprint density at radius 1 is 0.579 bits per heavy atom. The van der Waals surface area contributed by atoms with E-state index in [2.05, 4.69) is 37.9 Å². The van der Waals surface area contributed by atoms with E-state index in [1.807, 2.05) is 0 Å². The minimum absolute atomic E-state index is 0. The maximum Gasteiger partial charge on any atom is 3.00 e. The number of aliphatic hydroxyl groups is 6. The van der Waals surface area contributed by atoms with Crippen molar-refractivity contribution in [2.45, 2.75) is 18.3 Å². The predicted octanol–water partition coefficient (Wildman–Crippen LogP) is -3.72. The van der Waals surface area contributed by atoms with Gasteiger partial charge in [-0.3, -0.25) is 0 Å². The summed E-state index contributed by atoms with van der Waals surface area (Å²) in [7, 11) is 0. The van der Waals surface area contributed by atoms with Crippen LogP contribution in [0.25, 0.3) is 0 Å². The zero-order chi connectivity index (χ0) is 15.0. The smallest absolute Gasteiger partial charge is 0.790 e. The maximum atomic E-state index is 8.31. The van der Waals surface area contributed by atoms with Gasteiger partial charge in [-0.15, -0.1) is 17.3 Å². The van der Waals surface area contributed by atoms with Gasteiger partial charge in [0.05, 0.1) is 38.1 Å². The van der Waals surface area contributed by atoms with Crippen LogP contribution in [0, 0.1) is 0 Å². The molecule has 0 rings (SSSR count). The topological polar surface area (TPSA) is 121 Å². The van der Waals surface area contributed by atoms with Crippen LogP contribution in [-0.2, 0) is 37.9 Å². The molecule has 0 spiro atoms. The van der Waals surface area contributed by atoms with Gasteiger partial charge in [0, 0.05) is 0 Å². The van der Waals surface area contributed by atoms with Gasteiger partial charge in [0.1, 0.15) is 0 Å². The molecular formula is C9H21BiO6S3. The molecule has 19 heavy (non-hydrogen) atoms. The molecule has 3 unspecified atom stereocenters. The van der Waals surface area contributed by atoms with Crippen LogP contribution in [0.4, 0.5) is 0 Å². The molecule has 0 amide bonds. The van der Waals surface area contributed by atoms with Crippen LogP contribution >= 0.6 is 0 Å². The van der Waals surface area contributed by atoms with E-state index in [0.29, 0.717) is 0 Å². The summed E-state index contributed by atoms with van der Waals surface area (Å²) in [4.78, 5) is 0. The first-order valence-electron chi connectivity index (χ1n) is 5.04. The molecular weight excluding hydrogens is 509 g/mol. The molecule has 2 radical (unpaired) electrons. The SMILES string of the molecule is OCC(O)C[S-].OCC(O)C[S-].OCC(O)C[S-].[Bi+3]. The van der Waals surface area contributed by atoms with Gasteiger partial charge < -0.3 is 68.5 Å². The van der Waals surface area contributed by atoms with E-state index in [1.165, 1.54) is 0 Å². The van der Waals surface area contributed by atoms with Crippen molar-refractivity contribution in [1.29, 1.82) is 0 Å². The molecule has 6 nitrogen and oxygen atoms in total. The second-order valence-electron chi connectivity index (χ2n) is 3.01. The minimum atomic E-state index is -0.694. The fourth-order valence-corrected chi connectivity index (χ4v) is 0.474. The van der Waals surface area contributed by atoms with Crippen LogP contribution in [0.15, 0.2) is 0 Å². The van der Waals surface area contributed by atoms with Gasteiger partial charge in [-0.25, -0.2) is 0 Å². The third-order valence-electron chi connectivity index (χ3n) is 1.21. The van der Waals surface area contributed by atoms with Gasteiger partial charge in [-0.1, -0.05) is 0 Å². The average molecular weight is 530 g/mol. The Labute approximate surface area is 149 Å². The van der Waals surface area contributed by atoms with Crippen molar-refractivity contribution < 1.29 is 30.6 Å². The molecule has 0 heterocycles. The van der Waals surface area contributed by atoms with E-state index >= 15 is 0 Å². The van der Waals surface area contributed by atoms with Gasteiger partial charge in [0.15, 0.2) is 0 Å². The van der Waals surface area contributed by atoms with Crippen LogP contribution in [0.1, 0.15) is 0 Å². The summed E-state index contributed by atoms with van der Waals surface area (Å²) in [5.41, 5.74) is 0. The van der Waals surface area contributed by atoms with Gasteiger partial charge in [0.25, 0.3) is 0 Å². The van der Waals surface area contributed by atoms with E-state index < -0.39 is 18.3 Å². The normalized spacial score (nSPS) is 13.7. The summed E-state index contributed by atoms with van der Waals surface area (Å²) < 4.78 is 0. The fraction of sp³-hybridized carbons (Fsp3) is 1.00. The molecule has 0 bridgehead atoms. The second-order valence-corrected chi connectivity index (χ2v) is 4.01. The van der Waals surface area contributed by atoms with Crippen molar-refractivity contribution in [3.8, 4) is 0 Å². The number of aliphatic hydroxyl groups excluding tert-OH is 6. The molecule has 0 fully saturated rings. The maximum absolute atomic E-state index is 8.31. The Morgan fingerprint density at radius 3 is 0.737 bits per heavy atom.